The van der Waals surface area contributed by atoms with E-state index in [1.165, 1.54) is 16.9 Å². The second-order valence-electron chi connectivity index (χ2n) is 6.12. The van der Waals surface area contributed by atoms with E-state index >= 15 is 0 Å². The first kappa shape index (κ1) is 17.8. The van der Waals surface area contributed by atoms with Crippen LogP contribution in [0.2, 0.25) is 0 Å². The number of likely N-dealkylation sites (N-methyl/N-ethyl adjacent to an activating group) is 1. The molecule has 0 bridgehead atoms. The lowest BCUT2D eigenvalue weighted by Crippen LogP contribution is -2.52. The van der Waals surface area contributed by atoms with Crippen LogP contribution in [-0.4, -0.2) is 63.7 Å². The van der Waals surface area contributed by atoms with Crippen LogP contribution >= 0.6 is 0 Å². The monoisotopic (exact) mass is 359 g/mol. The quantitative estimate of drug-likeness (QED) is 0.819. The molecule has 0 N–H and O–H groups in total. The fourth-order valence-corrected chi connectivity index (χ4v) is 2.99. The molecule has 26 heavy (non-hydrogen) atoms. The molecule has 0 radical (unpaired) electrons. The lowest BCUT2D eigenvalue weighted by molar-refractivity contribution is -0.137. The molecule has 0 aromatic carbocycles. The van der Waals surface area contributed by atoms with Crippen molar-refractivity contribution in [2.75, 3.05) is 20.7 Å². The van der Waals surface area contributed by atoms with Crippen LogP contribution in [0.1, 0.15) is 25.2 Å². The van der Waals surface area contributed by atoms with Crippen molar-refractivity contribution in [1.29, 1.82) is 0 Å². The number of rotatable bonds is 4. The molecule has 0 saturated carbocycles. The molecule has 138 valence electrons. The zero-order valence-electron chi connectivity index (χ0n) is 14.8. The Kier molecular flexibility index (Phi) is 5.45. The number of nitrogens with zero attached hydrogens (tertiary/aromatic N) is 5. The van der Waals surface area contributed by atoms with Gasteiger partial charge in [0, 0.05) is 31.5 Å². The van der Waals surface area contributed by atoms with Crippen LogP contribution in [0.15, 0.2) is 29.0 Å². The molecule has 3 rings (SSSR count). The minimum Gasteiger partial charge on any atom is -0.453 e. The summed E-state index contributed by atoms with van der Waals surface area (Å²) in [5, 5.41) is 3.92. The van der Waals surface area contributed by atoms with Gasteiger partial charge in [0.15, 0.2) is 0 Å². The molecular formula is C17H21N5O4. The molecule has 9 nitrogen and oxygen atoms in total. The Morgan fingerprint density at radius 2 is 2.27 bits per heavy atom. The first-order valence-corrected chi connectivity index (χ1v) is 8.42. The number of piperidine rings is 1. The smallest absolute Gasteiger partial charge is 0.410 e. The van der Waals surface area contributed by atoms with Gasteiger partial charge in [-0.1, -0.05) is 5.16 Å². The molecule has 2 amide bonds. The fourth-order valence-electron chi connectivity index (χ4n) is 2.99. The summed E-state index contributed by atoms with van der Waals surface area (Å²) in [5.74, 6) is 0.569. The van der Waals surface area contributed by atoms with E-state index in [1.807, 2.05) is 6.07 Å². The van der Waals surface area contributed by atoms with Gasteiger partial charge in [0.25, 0.3) is 0 Å². The highest BCUT2D eigenvalue weighted by Crippen LogP contribution is 2.21. The second kappa shape index (κ2) is 7.94. The van der Waals surface area contributed by atoms with Crippen molar-refractivity contribution in [3.8, 4) is 11.4 Å². The highest BCUT2D eigenvalue weighted by Gasteiger charge is 2.34. The zero-order valence-corrected chi connectivity index (χ0v) is 14.8. The van der Waals surface area contributed by atoms with Crippen molar-refractivity contribution in [1.82, 2.24) is 24.9 Å². The second-order valence-corrected chi connectivity index (χ2v) is 6.12. The summed E-state index contributed by atoms with van der Waals surface area (Å²) in [6, 6.07) is 3.08. The number of carbonyl (C=O) groups excluding carboxylic acids is 2. The number of hydrogen-bond acceptors (Lipinski definition) is 7. The van der Waals surface area contributed by atoms with Gasteiger partial charge in [-0.05, 0) is 31.4 Å². The average Bonchev–Trinajstić information content (AvgIpc) is 3.16. The number of pyridine rings is 1. The van der Waals surface area contributed by atoms with Crippen molar-refractivity contribution < 1.29 is 18.8 Å². The Balaban J connectivity index is 1.67. The van der Waals surface area contributed by atoms with E-state index in [4.69, 9.17) is 9.26 Å². The van der Waals surface area contributed by atoms with Crippen LogP contribution in [0.3, 0.4) is 0 Å². The molecule has 1 fully saturated rings. The maximum Gasteiger partial charge on any atom is 0.410 e. The Morgan fingerprint density at radius 1 is 1.42 bits per heavy atom. The van der Waals surface area contributed by atoms with Gasteiger partial charge < -0.3 is 14.2 Å². The van der Waals surface area contributed by atoms with Gasteiger partial charge in [0.1, 0.15) is 6.04 Å². The molecule has 1 saturated heterocycles. The van der Waals surface area contributed by atoms with Gasteiger partial charge in [-0.15, -0.1) is 0 Å². The molecule has 0 spiro atoms. The standard InChI is InChI=1S/C17H21N5O4/c1-21(16(23)13-7-3-4-9-22(13)17(24)25-2)11-14-19-15(20-26-14)12-6-5-8-18-10-12/h5-6,8,10,13H,3-4,7,9,11H2,1-2H3. The molecule has 1 unspecified atom stereocenters. The molecule has 1 aliphatic rings. The predicted molar refractivity (Wildman–Crippen MR) is 90.8 cm³/mol. The Labute approximate surface area is 150 Å². The van der Waals surface area contributed by atoms with E-state index < -0.39 is 12.1 Å². The van der Waals surface area contributed by atoms with Crippen molar-refractivity contribution >= 4 is 12.0 Å². The van der Waals surface area contributed by atoms with Crippen LogP contribution in [0, 0.1) is 0 Å². The predicted octanol–water partition coefficient (Wildman–Crippen LogP) is 1.71. The molecule has 3 heterocycles. The maximum atomic E-state index is 12.8. The summed E-state index contributed by atoms with van der Waals surface area (Å²) < 4.78 is 10.0. The van der Waals surface area contributed by atoms with Crippen LogP contribution in [-0.2, 0) is 16.1 Å². The van der Waals surface area contributed by atoms with E-state index in [2.05, 4.69) is 15.1 Å². The largest absolute Gasteiger partial charge is 0.453 e. The molecule has 0 aliphatic carbocycles. The molecular weight excluding hydrogens is 338 g/mol. The SMILES string of the molecule is COC(=O)N1CCCCC1C(=O)N(C)Cc1nc(-c2cccnc2)no1. The molecule has 1 atom stereocenters. The van der Waals surface area contributed by atoms with Gasteiger partial charge in [-0.25, -0.2) is 4.79 Å². The molecule has 9 heteroatoms. The molecule has 2 aromatic rings. The van der Waals surface area contributed by atoms with Gasteiger partial charge >= 0.3 is 6.09 Å². The first-order valence-electron chi connectivity index (χ1n) is 8.42. The lowest BCUT2D eigenvalue weighted by Gasteiger charge is -2.35. The fraction of sp³-hybridized carbons (Fsp3) is 0.471. The van der Waals surface area contributed by atoms with E-state index in [1.54, 1.807) is 25.5 Å². The third kappa shape index (κ3) is 3.81. The Bertz CT molecular complexity index is 764. The summed E-state index contributed by atoms with van der Waals surface area (Å²) in [6.45, 7) is 0.681. The third-order valence-electron chi connectivity index (χ3n) is 4.33. The third-order valence-corrected chi connectivity index (χ3v) is 4.33. The van der Waals surface area contributed by atoms with E-state index in [9.17, 15) is 9.59 Å². The number of hydrogen-bond donors (Lipinski definition) is 0. The minimum absolute atomic E-state index is 0.164. The van der Waals surface area contributed by atoms with E-state index in [-0.39, 0.29) is 12.5 Å². The van der Waals surface area contributed by atoms with Crippen molar-refractivity contribution in [2.45, 2.75) is 31.8 Å². The van der Waals surface area contributed by atoms with Gasteiger partial charge in [-0.3, -0.25) is 14.7 Å². The summed E-state index contributed by atoms with van der Waals surface area (Å²) in [5.41, 5.74) is 0.737. The summed E-state index contributed by atoms with van der Waals surface area (Å²) in [7, 11) is 2.97. The number of ether oxygens (including phenoxy) is 1. The van der Waals surface area contributed by atoms with Gasteiger partial charge in [0.2, 0.25) is 17.6 Å². The highest BCUT2D eigenvalue weighted by atomic mass is 16.5. The number of amides is 2. The van der Waals surface area contributed by atoms with Gasteiger partial charge in [-0.2, -0.15) is 4.98 Å². The molecule has 2 aromatic heterocycles. The Morgan fingerprint density at radius 3 is 3.00 bits per heavy atom. The maximum absolute atomic E-state index is 12.8. The van der Waals surface area contributed by atoms with Crippen LogP contribution in [0.4, 0.5) is 4.79 Å². The number of aromatic nitrogens is 3. The van der Waals surface area contributed by atoms with Crippen molar-refractivity contribution in [3.63, 3.8) is 0 Å². The first-order chi connectivity index (χ1) is 12.6. The van der Waals surface area contributed by atoms with Crippen LogP contribution < -0.4 is 0 Å². The van der Waals surface area contributed by atoms with E-state index in [0.717, 1.165) is 18.4 Å². The summed E-state index contributed by atoms with van der Waals surface area (Å²) in [6.07, 6.45) is 5.19. The zero-order chi connectivity index (χ0) is 18.5. The molecule has 1 aliphatic heterocycles. The minimum atomic E-state index is -0.526. The van der Waals surface area contributed by atoms with Crippen molar-refractivity contribution in [2.24, 2.45) is 0 Å². The topological polar surface area (TPSA) is 102 Å². The summed E-state index contributed by atoms with van der Waals surface area (Å²) in [4.78, 5) is 36.0. The average molecular weight is 359 g/mol. The summed E-state index contributed by atoms with van der Waals surface area (Å²) >= 11 is 0. The lowest BCUT2D eigenvalue weighted by atomic mass is 10.0. The van der Waals surface area contributed by atoms with E-state index in [0.29, 0.717) is 24.7 Å². The Hall–Kier alpha value is -2.97. The van der Waals surface area contributed by atoms with Gasteiger partial charge in [0.05, 0.1) is 13.7 Å². The highest BCUT2D eigenvalue weighted by molar-refractivity contribution is 5.85. The number of likely N-dealkylation sites (tertiary alicyclic amines) is 1. The number of methoxy groups -OCH3 is 1. The normalized spacial score (nSPS) is 17.0. The van der Waals surface area contributed by atoms with Crippen LogP contribution in [0.5, 0.6) is 0 Å². The number of carbonyl (C=O) groups is 2. The van der Waals surface area contributed by atoms with Crippen LogP contribution in [0.25, 0.3) is 11.4 Å². The van der Waals surface area contributed by atoms with Crippen molar-refractivity contribution in [3.05, 3.63) is 30.4 Å².